The van der Waals surface area contributed by atoms with Crippen molar-refractivity contribution in [3.8, 4) is 0 Å². The Morgan fingerprint density at radius 2 is 2.32 bits per heavy atom. The summed E-state index contributed by atoms with van der Waals surface area (Å²) in [7, 11) is 0. The highest BCUT2D eigenvalue weighted by molar-refractivity contribution is 6.35. The number of halogens is 1. The van der Waals surface area contributed by atoms with Crippen molar-refractivity contribution in [3.05, 3.63) is 35.5 Å². The Labute approximate surface area is 116 Å². The van der Waals surface area contributed by atoms with E-state index in [-0.39, 0.29) is 11.9 Å². The van der Waals surface area contributed by atoms with Crippen molar-refractivity contribution >= 4 is 34.1 Å². The second-order valence-corrected chi connectivity index (χ2v) is 5.04. The van der Waals surface area contributed by atoms with Gasteiger partial charge >= 0.3 is 0 Å². The minimum atomic E-state index is -0.102. The van der Waals surface area contributed by atoms with Gasteiger partial charge in [0, 0.05) is 11.6 Å². The van der Waals surface area contributed by atoms with E-state index < -0.39 is 0 Å². The number of benzene rings is 1. The van der Waals surface area contributed by atoms with Gasteiger partial charge in [-0.05, 0) is 43.7 Å². The van der Waals surface area contributed by atoms with E-state index in [4.69, 9.17) is 11.6 Å². The lowest BCUT2D eigenvalue weighted by Crippen LogP contribution is -2.35. The summed E-state index contributed by atoms with van der Waals surface area (Å²) in [5.74, 6) is -0.00762. The van der Waals surface area contributed by atoms with Crippen LogP contribution < -0.4 is 10.6 Å². The van der Waals surface area contributed by atoms with Crippen molar-refractivity contribution in [2.24, 2.45) is 0 Å². The first-order chi connectivity index (χ1) is 9.25. The minimum Gasteiger partial charge on any atom is -0.323 e. The average Bonchev–Trinajstić information content (AvgIpc) is 2.96. The summed E-state index contributed by atoms with van der Waals surface area (Å²) in [6.07, 6.45) is 3.62. The second kappa shape index (κ2) is 5.15. The molecule has 1 aliphatic rings. The Hall–Kier alpha value is -1.65. The van der Waals surface area contributed by atoms with Crippen LogP contribution in [-0.2, 0) is 4.79 Å². The number of anilines is 1. The molecule has 0 saturated carbocycles. The summed E-state index contributed by atoms with van der Waals surface area (Å²) >= 11 is 6.13. The molecule has 2 N–H and O–H groups in total. The summed E-state index contributed by atoms with van der Waals surface area (Å²) < 4.78 is 0. The fourth-order valence-corrected chi connectivity index (χ4v) is 2.58. The van der Waals surface area contributed by atoms with Gasteiger partial charge < -0.3 is 10.6 Å². The number of amides is 1. The third-order valence-electron chi connectivity index (χ3n) is 3.35. The predicted octanol–water partition coefficient (Wildman–Crippen LogP) is 2.58. The summed E-state index contributed by atoms with van der Waals surface area (Å²) in [5.41, 5.74) is 1.43. The van der Waals surface area contributed by atoms with Crippen molar-refractivity contribution in [2.45, 2.75) is 18.9 Å². The Bertz CT molecular complexity index is 623. The summed E-state index contributed by atoms with van der Waals surface area (Å²) in [6.45, 7) is 0.900. The standard InChI is InChI=1S/C14H14ClN3O/c15-10-5-6-11(13-9(10)3-1-8-17-13)18-14(19)12-4-2-7-16-12/h1,3,5-6,8,12,16H,2,4,7H2,(H,18,19). The zero-order chi connectivity index (χ0) is 13.2. The Balaban J connectivity index is 1.92. The predicted molar refractivity (Wildman–Crippen MR) is 76.4 cm³/mol. The molecule has 0 spiro atoms. The highest BCUT2D eigenvalue weighted by atomic mass is 35.5. The smallest absolute Gasteiger partial charge is 0.241 e. The van der Waals surface area contributed by atoms with Gasteiger partial charge in [-0.1, -0.05) is 11.6 Å². The number of aromatic nitrogens is 1. The second-order valence-electron chi connectivity index (χ2n) is 4.63. The van der Waals surface area contributed by atoms with Crippen LogP contribution in [0.2, 0.25) is 5.02 Å². The number of rotatable bonds is 2. The zero-order valence-electron chi connectivity index (χ0n) is 10.3. The number of pyridine rings is 1. The Morgan fingerprint density at radius 1 is 1.42 bits per heavy atom. The molecule has 0 aliphatic carbocycles. The van der Waals surface area contributed by atoms with E-state index in [0.717, 1.165) is 30.3 Å². The van der Waals surface area contributed by atoms with E-state index in [1.54, 1.807) is 18.3 Å². The largest absolute Gasteiger partial charge is 0.323 e. The lowest BCUT2D eigenvalue weighted by atomic mass is 10.1. The fourth-order valence-electron chi connectivity index (χ4n) is 2.37. The number of hydrogen-bond donors (Lipinski definition) is 2. The highest BCUT2D eigenvalue weighted by Gasteiger charge is 2.22. The van der Waals surface area contributed by atoms with Crippen LogP contribution in [0.3, 0.4) is 0 Å². The molecule has 19 heavy (non-hydrogen) atoms. The Kier molecular flexibility index (Phi) is 3.36. The summed E-state index contributed by atoms with van der Waals surface area (Å²) in [6, 6.07) is 7.20. The first-order valence-electron chi connectivity index (χ1n) is 6.33. The molecular formula is C14H14ClN3O. The van der Waals surface area contributed by atoms with Crippen molar-refractivity contribution in [3.63, 3.8) is 0 Å². The van der Waals surface area contributed by atoms with Crippen molar-refractivity contribution in [1.82, 2.24) is 10.3 Å². The average molecular weight is 276 g/mol. The van der Waals surface area contributed by atoms with E-state index in [2.05, 4.69) is 15.6 Å². The molecule has 3 rings (SSSR count). The molecule has 0 bridgehead atoms. The molecule has 1 aliphatic heterocycles. The number of carbonyl (C=O) groups excluding carboxylic acids is 1. The van der Waals surface area contributed by atoms with E-state index in [0.29, 0.717) is 10.7 Å². The highest BCUT2D eigenvalue weighted by Crippen LogP contribution is 2.28. The topological polar surface area (TPSA) is 54.0 Å². The normalized spacial score (nSPS) is 18.7. The number of hydrogen-bond acceptors (Lipinski definition) is 3. The third kappa shape index (κ3) is 2.41. The number of nitrogens with one attached hydrogen (secondary N) is 2. The molecule has 2 heterocycles. The van der Waals surface area contributed by atoms with Crippen molar-refractivity contribution in [2.75, 3.05) is 11.9 Å². The van der Waals surface area contributed by atoms with Gasteiger partial charge in [-0.2, -0.15) is 0 Å². The maximum Gasteiger partial charge on any atom is 0.241 e. The van der Waals surface area contributed by atoms with Crippen LogP contribution in [0.25, 0.3) is 10.9 Å². The van der Waals surface area contributed by atoms with E-state index >= 15 is 0 Å². The molecule has 1 aromatic carbocycles. The molecule has 4 nitrogen and oxygen atoms in total. The molecule has 1 aromatic heterocycles. The van der Waals surface area contributed by atoms with Crippen LogP contribution >= 0.6 is 11.6 Å². The summed E-state index contributed by atoms with van der Waals surface area (Å²) in [4.78, 5) is 16.4. The Morgan fingerprint density at radius 3 is 3.11 bits per heavy atom. The zero-order valence-corrected chi connectivity index (χ0v) is 11.1. The van der Waals surface area contributed by atoms with Crippen LogP contribution in [-0.4, -0.2) is 23.5 Å². The van der Waals surface area contributed by atoms with Crippen molar-refractivity contribution < 1.29 is 4.79 Å². The molecule has 5 heteroatoms. The van der Waals surface area contributed by atoms with Gasteiger partial charge in [0.2, 0.25) is 5.91 Å². The van der Waals surface area contributed by atoms with Gasteiger partial charge in [0.25, 0.3) is 0 Å². The maximum absolute atomic E-state index is 12.1. The van der Waals surface area contributed by atoms with E-state index in [1.807, 2.05) is 12.1 Å². The number of nitrogens with zero attached hydrogens (tertiary/aromatic N) is 1. The molecule has 0 radical (unpaired) electrons. The van der Waals surface area contributed by atoms with E-state index in [9.17, 15) is 4.79 Å². The minimum absolute atomic E-state index is 0.00762. The lowest BCUT2D eigenvalue weighted by molar-refractivity contribution is -0.117. The van der Waals surface area contributed by atoms with Crippen LogP contribution in [0, 0.1) is 0 Å². The molecule has 98 valence electrons. The molecule has 1 unspecified atom stereocenters. The van der Waals surface area contributed by atoms with Crippen molar-refractivity contribution in [1.29, 1.82) is 0 Å². The molecule has 1 atom stereocenters. The first-order valence-corrected chi connectivity index (χ1v) is 6.71. The van der Waals surface area contributed by atoms with Gasteiger partial charge in [0.15, 0.2) is 0 Å². The van der Waals surface area contributed by atoms with Crippen LogP contribution in [0.1, 0.15) is 12.8 Å². The maximum atomic E-state index is 12.1. The van der Waals surface area contributed by atoms with Gasteiger partial charge in [-0.15, -0.1) is 0 Å². The van der Waals surface area contributed by atoms with Crippen LogP contribution in [0.15, 0.2) is 30.5 Å². The molecule has 1 amide bonds. The quantitative estimate of drug-likeness (QED) is 0.886. The van der Waals surface area contributed by atoms with Gasteiger partial charge in [0.05, 0.1) is 22.3 Å². The van der Waals surface area contributed by atoms with Gasteiger partial charge in [-0.3, -0.25) is 9.78 Å². The monoisotopic (exact) mass is 275 g/mol. The SMILES string of the molecule is O=C(Nc1ccc(Cl)c2cccnc12)C1CCCN1. The summed E-state index contributed by atoms with van der Waals surface area (Å²) in [5, 5.41) is 7.60. The van der Waals surface area contributed by atoms with Crippen LogP contribution in [0.5, 0.6) is 0 Å². The lowest BCUT2D eigenvalue weighted by Gasteiger charge is -2.13. The van der Waals surface area contributed by atoms with Gasteiger partial charge in [-0.25, -0.2) is 0 Å². The van der Waals surface area contributed by atoms with Crippen LogP contribution in [0.4, 0.5) is 5.69 Å². The molecule has 2 aromatic rings. The molecule has 1 fully saturated rings. The number of carbonyl (C=O) groups is 1. The van der Waals surface area contributed by atoms with E-state index in [1.165, 1.54) is 0 Å². The van der Waals surface area contributed by atoms with Gasteiger partial charge in [0.1, 0.15) is 0 Å². The third-order valence-corrected chi connectivity index (χ3v) is 3.68. The fraction of sp³-hybridized carbons (Fsp3) is 0.286. The molecule has 1 saturated heterocycles. The number of fused-ring (bicyclic) bond motifs is 1. The first kappa shape index (κ1) is 12.4. The molecular weight excluding hydrogens is 262 g/mol.